The molecule has 158 valence electrons. The minimum absolute atomic E-state index is 0.185. The molecule has 1 fully saturated rings. The van der Waals surface area contributed by atoms with E-state index >= 15 is 0 Å². The van der Waals surface area contributed by atoms with E-state index in [2.05, 4.69) is 4.90 Å². The number of ether oxygens (including phenoxy) is 1. The molecule has 5 nitrogen and oxygen atoms in total. The van der Waals surface area contributed by atoms with Crippen LogP contribution < -0.4 is 4.74 Å². The van der Waals surface area contributed by atoms with Crippen molar-refractivity contribution < 1.29 is 14.2 Å². The zero-order valence-electron chi connectivity index (χ0n) is 17.3. The molecule has 1 N–H and O–H groups in total. The monoisotopic (exact) mass is 409 g/mol. The van der Waals surface area contributed by atoms with E-state index in [9.17, 15) is 9.50 Å². The average molecular weight is 410 g/mol. The van der Waals surface area contributed by atoms with Gasteiger partial charge in [-0.15, -0.1) is 0 Å². The molecule has 0 amide bonds. The average Bonchev–Trinajstić information content (AvgIpc) is 3.19. The third kappa shape index (κ3) is 4.40. The number of aliphatic hydroxyl groups excluding tert-OH is 1. The molecule has 3 aromatic rings. The second kappa shape index (κ2) is 9.41. The molecule has 1 saturated heterocycles. The van der Waals surface area contributed by atoms with Gasteiger partial charge in [-0.1, -0.05) is 24.6 Å². The van der Waals surface area contributed by atoms with E-state index in [-0.39, 0.29) is 12.4 Å². The van der Waals surface area contributed by atoms with Crippen LogP contribution in [0.15, 0.2) is 54.7 Å². The van der Waals surface area contributed by atoms with Crippen molar-refractivity contribution in [3.05, 3.63) is 66.1 Å². The fourth-order valence-electron chi connectivity index (χ4n) is 4.24. The standard InChI is InChI=1S/C24H28FN3O2/c1-30-21-10-11-22(23(25)15-21)24-18(16-27-13-6-5-7-19(27)12-14-29)17-28(26-24)20-8-3-2-4-9-20/h2-4,8-11,15,17,19,29H,5-7,12-14,16H2,1H3/t19-/m0/s1. The van der Waals surface area contributed by atoms with E-state index < -0.39 is 0 Å². The highest BCUT2D eigenvalue weighted by molar-refractivity contribution is 5.65. The highest BCUT2D eigenvalue weighted by atomic mass is 19.1. The Labute approximate surface area is 176 Å². The number of rotatable bonds is 7. The first-order chi connectivity index (χ1) is 14.7. The molecule has 30 heavy (non-hydrogen) atoms. The van der Waals surface area contributed by atoms with Gasteiger partial charge in [0.15, 0.2) is 0 Å². The molecule has 2 heterocycles. The number of likely N-dealkylation sites (tertiary alicyclic amines) is 1. The second-order valence-electron chi connectivity index (χ2n) is 7.76. The number of para-hydroxylation sites is 1. The summed E-state index contributed by atoms with van der Waals surface area (Å²) in [6, 6.07) is 15.1. The Balaban J connectivity index is 1.73. The van der Waals surface area contributed by atoms with Crippen LogP contribution in [0.5, 0.6) is 5.75 Å². The number of hydrogen-bond acceptors (Lipinski definition) is 4. The van der Waals surface area contributed by atoms with E-state index in [1.54, 1.807) is 12.1 Å². The molecule has 0 radical (unpaired) electrons. The zero-order chi connectivity index (χ0) is 20.9. The molecule has 2 aromatic carbocycles. The summed E-state index contributed by atoms with van der Waals surface area (Å²) in [5.41, 5.74) is 3.03. The van der Waals surface area contributed by atoms with Gasteiger partial charge in [0.25, 0.3) is 0 Å². The maximum Gasteiger partial charge on any atom is 0.136 e. The number of nitrogens with zero attached hydrogens (tertiary/aromatic N) is 3. The Kier molecular flexibility index (Phi) is 6.45. The highest BCUT2D eigenvalue weighted by Gasteiger charge is 2.25. The summed E-state index contributed by atoms with van der Waals surface area (Å²) in [6.07, 6.45) is 6.17. The summed E-state index contributed by atoms with van der Waals surface area (Å²) in [5, 5.41) is 14.2. The van der Waals surface area contributed by atoms with Crippen LogP contribution in [-0.2, 0) is 6.54 Å². The number of halogens is 1. The summed E-state index contributed by atoms with van der Waals surface area (Å²) < 4.78 is 21.9. The first-order valence-electron chi connectivity index (χ1n) is 10.5. The summed E-state index contributed by atoms with van der Waals surface area (Å²) in [7, 11) is 1.53. The normalized spacial score (nSPS) is 17.2. The molecule has 6 heteroatoms. The van der Waals surface area contributed by atoms with Gasteiger partial charge < -0.3 is 9.84 Å². The first kappa shape index (κ1) is 20.6. The van der Waals surface area contributed by atoms with Crippen LogP contribution in [0.25, 0.3) is 16.9 Å². The molecule has 1 aliphatic rings. The van der Waals surface area contributed by atoms with Crippen LogP contribution in [0, 0.1) is 5.82 Å². The minimum atomic E-state index is -0.348. The number of aliphatic hydroxyl groups is 1. The van der Waals surface area contributed by atoms with Gasteiger partial charge in [0.1, 0.15) is 17.3 Å². The number of aromatic nitrogens is 2. The molecule has 0 spiro atoms. The molecular weight excluding hydrogens is 381 g/mol. The predicted octanol–water partition coefficient (Wildman–Crippen LogP) is 4.42. The van der Waals surface area contributed by atoms with Crippen molar-refractivity contribution in [2.24, 2.45) is 0 Å². The molecule has 0 aliphatic carbocycles. The third-order valence-corrected chi connectivity index (χ3v) is 5.83. The van der Waals surface area contributed by atoms with Crippen LogP contribution in [0.4, 0.5) is 4.39 Å². The van der Waals surface area contributed by atoms with Crippen LogP contribution in [0.3, 0.4) is 0 Å². The van der Waals surface area contributed by atoms with Crippen molar-refractivity contribution >= 4 is 0 Å². The molecule has 0 unspecified atom stereocenters. The molecule has 1 aromatic heterocycles. The lowest BCUT2D eigenvalue weighted by molar-refractivity contribution is 0.112. The summed E-state index contributed by atoms with van der Waals surface area (Å²) in [6.45, 7) is 1.84. The number of piperidine rings is 1. The minimum Gasteiger partial charge on any atom is -0.497 e. The van der Waals surface area contributed by atoms with Gasteiger partial charge in [-0.3, -0.25) is 4.90 Å². The quantitative estimate of drug-likeness (QED) is 0.627. The maximum atomic E-state index is 14.9. The van der Waals surface area contributed by atoms with Crippen molar-refractivity contribution in [2.45, 2.75) is 38.3 Å². The number of benzene rings is 2. The van der Waals surface area contributed by atoms with Crippen molar-refractivity contribution in [2.75, 3.05) is 20.3 Å². The zero-order valence-corrected chi connectivity index (χ0v) is 17.3. The first-order valence-corrected chi connectivity index (χ1v) is 10.5. The van der Waals surface area contributed by atoms with E-state index in [4.69, 9.17) is 9.84 Å². The van der Waals surface area contributed by atoms with E-state index in [0.717, 1.165) is 37.1 Å². The Hall–Kier alpha value is -2.70. The summed E-state index contributed by atoms with van der Waals surface area (Å²) >= 11 is 0. The lowest BCUT2D eigenvalue weighted by atomic mass is 9.98. The summed E-state index contributed by atoms with van der Waals surface area (Å²) in [5.74, 6) is 0.138. The van der Waals surface area contributed by atoms with E-state index in [1.807, 2.05) is 41.2 Å². The summed E-state index contributed by atoms with van der Waals surface area (Å²) in [4.78, 5) is 2.40. The van der Waals surface area contributed by atoms with Gasteiger partial charge >= 0.3 is 0 Å². The predicted molar refractivity (Wildman–Crippen MR) is 115 cm³/mol. The van der Waals surface area contributed by atoms with Gasteiger partial charge in [-0.05, 0) is 50.1 Å². The molecule has 4 rings (SSSR count). The Morgan fingerprint density at radius 1 is 1.17 bits per heavy atom. The molecule has 0 saturated carbocycles. The Bertz CT molecular complexity index is 972. The van der Waals surface area contributed by atoms with Crippen molar-refractivity contribution in [1.29, 1.82) is 0 Å². The van der Waals surface area contributed by atoms with Gasteiger partial charge in [0.2, 0.25) is 0 Å². The lowest BCUT2D eigenvalue weighted by Gasteiger charge is -2.35. The fourth-order valence-corrected chi connectivity index (χ4v) is 4.24. The molecule has 1 atom stereocenters. The van der Waals surface area contributed by atoms with Crippen LogP contribution in [0.2, 0.25) is 0 Å². The lowest BCUT2D eigenvalue weighted by Crippen LogP contribution is -2.39. The van der Waals surface area contributed by atoms with Crippen molar-refractivity contribution in [1.82, 2.24) is 14.7 Å². The van der Waals surface area contributed by atoms with E-state index in [1.165, 1.54) is 19.6 Å². The SMILES string of the molecule is COc1ccc(-c2nn(-c3ccccc3)cc2CN2CCCC[C@H]2CCO)c(F)c1. The third-order valence-electron chi connectivity index (χ3n) is 5.83. The number of hydrogen-bond donors (Lipinski definition) is 1. The smallest absolute Gasteiger partial charge is 0.136 e. The molecular formula is C24H28FN3O2. The Morgan fingerprint density at radius 2 is 2.00 bits per heavy atom. The van der Waals surface area contributed by atoms with Gasteiger partial charge in [-0.2, -0.15) is 5.10 Å². The van der Waals surface area contributed by atoms with Crippen LogP contribution >= 0.6 is 0 Å². The van der Waals surface area contributed by atoms with Crippen molar-refractivity contribution in [3.8, 4) is 22.7 Å². The van der Waals surface area contributed by atoms with Crippen LogP contribution in [-0.4, -0.2) is 46.1 Å². The molecule has 0 bridgehead atoms. The van der Waals surface area contributed by atoms with Crippen molar-refractivity contribution in [3.63, 3.8) is 0 Å². The highest BCUT2D eigenvalue weighted by Crippen LogP contribution is 2.31. The molecule has 1 aliphatic heterocycles. The second-order valence-corrected chi connectivity index (χ2v) is 7.76. The topological polar surface area (TPSA) is 50.5 Å². The van der Waals surface area contributed by atoms with Gasteiger partial charge in [-0.25, -0.2) is 9.07 Å². The van der Waals surface area contributed by atoms with Crippen LogP contribution in [0.1, 0.15) is 31.2 Å². The Morgan fingerprint density at radius 3 is 2.73 bits per heavy atom. The fraction of sp³-hybridized carbons (Fsp3) is 0.375. The van der Waals surface area contributed by atoms with Gasteiger partial charge in [0, 0.05) is 42.6 Å². The largest absolute Gasteiger partial charge is 0.497 e. The van der Waals surface area contributed by atoms with Gasteiger partial charge in [0.05, 0.1) is 12.8 Å². The maximum absolute atomic E-state index is 14.9. The number of methoxy groups -OCH3 is 1. The van der Waals surface area contributed by atoms with E-state index in [0.29, 0.717) is 29.6 Å².